The van der Waals surface area contributed by atoms with Crippen LogP contribution in [-0.2, 0) is 11.4 Å². The van der Waals surface area contributed by atoms with E-state index in [0.29, 0.717) is 0 Å². The number of fused-ring (bicyclic) bond motifs is 1. The molecule has 1 aromatic carbocycles. The smallest absolute Gasteiger partial charge is 0.182 e. The lowest BCUT2D eigenvalue weighted by Gasteiger charge is -2.24. The Balaban J connectivity index is 1.93. The largest absolute Gasteiger partial charge is 0.370 e. The Bertz CT molecular complexity index is 568. The van der Waals surface area contributed by atoms with Crippen LogP contribution in [0.3, 0.4) is 0 Å². The van der Waals surface area contributed by atoms with Crippen LogP contribution in [0, 0.1) is 4.77 Å². The SMILES string of the molecule is S=c1[nH]c2ccccc2n1C[NH+]1CCOCC1. The second kappa shape index (κ2) is 4.60. The minimum Gasteiger partial charge on any atom is -0.370 e. The first-order valence-electron chi connectivity index (χ1n) is 5.93. The summed E-state index contributed by atoms with van der Waals surface area (Å²) >= 11 is 5.38. The Morgan fingerprint density at radius 1 is 1.29 bits per heavy atom. The molecule has 90 valence electrons. The van der Waals surface area contributed by atoms with Gasteiger partial charge in [-0.3, -0.25) is 4.57 Å². The van der Waals surface area contributed by atoms with Crippen molar-refractivity contribution in [2.45, 2.75) is 6.67 Å². The summed E-state index contributed by atoms with van der Waals surface area (Å²) in [6.45, 7) is 4.74. The normalized spacial score (nSPS) is 17.6. The van der Waals surface area contributed by atoms with E-state index in [-0.39, 0.29) is 0 Å². The Hall–Kier alpha value is -1.17. The molecule has 0 aliphatic carbocycles. The minimum atomic E-state index is 0.810. The quantitative estimate of drug-likeness (QED) is 0.764. The molecule has 1 aliphatic heterocycles. The molecular weight excluding hydrogens is 234 g/mol. The number of hydrogen-bond acceptors (Lipinski definition) is 2. The summed E-state index contributed by atoms with van der Waals surface area (Å²) in [5, 5.41) is 0. The van der Waals surface area contributed by atoms with Crippen molar-refractivity contribution in [3.05, 3.63) is 29.0 Å². The lowest BCUT2D eigenvalue weighted by atomic mass is 10.3. The van der Waals surface area contributed by atoms with Crippen LogP contribution in [0.4, 0.5) is 0 Å². The van der Waals surface area contributed by atoms with Gasteiger partial charge in [-0.1, -0.05) is 12.1 Å². The molecule has 5 heteroatoms. The average molecular weight is 250 g/mol. The van der Waals surface area contributed by atoms with Crippen molar-refractivity contribution >= 4 is 23.3 Å². The van der Waals surface area contributed by atoms with Crippen molar-refractivity contribution in [3.63, 3.8) is 0 Å². The maximum atomic E-state index is 5.38. The van der Waals surface area contributed by atoms with Crippen LogP contribution < -0.4 is 4.90 Å². The molecule has 0 unspecified atom stereocenters. The van der Waals surface area contributed by atoms with Crippen molar-refractivity contribution in [1.29, 1.82) is 0 Å². The second-order valence-corrected chi connectivity index (χ2v) is 4.78. The van der Waals surface area contributed by atoms with Crippen molar-refractivity contribution in [2.24, 2.45) is 0 Å². The molecule has 0 bridgehead atoms. The Kier molecular flexibility index (Phi) is 2.96. The number of H-pyrrole nitrogens is 1. The summed E-state index contributed by atoms with van der Waals surface area (Å²) in [6.07, 6.45) is 0. The summed E-state index contributed by atoms with van der Waals surface area (Å²) < 4.78 is 8.37. The van der Waals surface area contributed by atoms with Gasteiger partial charge in [-0.05, 0) is 24.4 Å². The minimum absolute atomic E-state index is 0.810. The molecule has 2 N–H and O–H groups in total. The lowest BCUT2D eigenvalue weighted by molar-refractivity contribution is -0.930. The van der Waals surface area contributed by atoms with Gasteiger partial charge < -0.3 is 14.6 Å². The fourth-order valence-corrected chi connectivity index (χ4v) is 2.58. The topological polar surface area (TPSA) is 34.4 Å². The van der Waals surface area contributed by atoms with Gasteiger partial charge in [-0.2, -0.15) is 0 Å². The van der Waals surface area contributed by atoms with Gasteiger partial charge in [0.15, 0.2) is 11.4 Å². The zero-order valence-corrected chi connectivity index (χ0v) is 10.4. The molecule has 1 aromatic heterocycles. The van der Waals surface area contributed by atoms with Gasteiger partial charge in [0, 0.05) is 0 Å². The summed E-state index contributed by atoms with van der Waals surface area (Å²) in [7, 11) is 0. The molecule has 17 heavy (non-hydrogen) atoms. The number of para-hydroxylation sites is 2. The third-order valence-corrected chi connectivity index (χ3v) is 3.59. The maximum Gasteiger partial charge on any atom is 0.182 e. The molecule has 1 fully saturated rings. The zero-order chi connectivity index (χ0) is 11.7. The summed E-state index contributed by atoms with van der Waals surface area (Å²) in [5.74, 6) is 0. The number of quaternary nitrogens is 1. The van der Waals surface area contributed by atoms with Crippen LogP contribution in [0.1, 0.15) is 0 Å². The summed E-state index contributed by atoms with van der Waals surface area (Å²) in [5.41, 5.74) is 2.31. The highest BCUT2D eigenvalue weighted by atomic mass is 32.1. The van der Waals surface area contributed by atoms with E-state index in [9.17, 15) is 0 Å². The third-order valence-electron chi connectivity index (χ3n) is 3.26. The van der Waals surface area contributed by atoms with Crippen LogP contribution in [0.5, 0.6) is 0 Å². The zero-order valence-electron chi connectivity index (χ0n) is 9.61. The number of rotatable bonds is 2. The summed E-state index contributed by atoms with van der Waals surface area (Å²) in [4.78, 5) is 4.77. The molecule has 1 aliphatic rings. The Morgan fingerprint density at radius 3 is 2.88 bits per heavy atom. The van der Waals surface area contributed by atoms with Gasteiger partial charge in [0.1, 0.15) is 13.1 Å². The lowest BCUT2D eigenvalue weighted by Crippen LogP contribution is -3.13. The molecule has 2 aromatic rings. The van der Waals surface area contributed by atoms with Gasteiger partial charge in [-0.15, -0.1) is 0 Å². The van der Waals surface area contributed by atoms with Crippen molar-refractivity contribution in [1.82, 2.24) is 9.55 Å². The number of hydrogen-bond donors (Lipinski definition) is 2. The first-order chi connectivity index (χ1) is 8.34. The highest BCUT2D eigenvalue weighted by Crippen LogP contribution is 2.11. The molecule has 0 saturated carbocycles. The molecule has 4 nitrogen and oxygen atoms in total. The maximum absolute atomic E-state index is 5.38. The van der Waals surface area contributed by atoms with Gasteiger partial charge in [0.05, 0.1) is 24.2 Å². The highest BCUT2D eigenvalue weighted by Gasteiger charge is 2.15. The average Bonchev–Trinajstić information content (AvgIpc) is 2.68. The van der Waals surface area contributed by atoms with E-state index >= 15 is 0 Å². The number of nitrogens with one attached hydrogen (secondary N) is 2. The fraction of sp³-hybridized carbons (Fsp3) is 0.417. The number of aromatic nitrogens is 2. The fourth-order valence-electron chi connectivity index (χ4n) is 2.31. The van der Waals surface area contributed by atoms with Crippen LogP contribution in [-0.4, -0.2) is 35.9 Å². The van der Waals surface area contributed by atoms with Gasteiger partial charge in [-0.25, -0.2) is 0 Å². The van der Waals surface area contributed by atoms with Crippen molar-refractivity contribution < 1.29 is 9.64 Å². The van der Waals surface area contributed by atoms with Gasteiger partial charge in [0.2, 0.25) is 0 Å². The summed E-state index contributed by atoms with van der Waals surface area (Å²) in [6, 6.07) is 8.26. The van der Waals surface area contributed by atoms with Crippen molar-refractivity contribution in [2.75, 3.05) is 26.3 Å². The van der Waals surface area contributed by atoms with Crippen LogP contribution in [0.15, 0.2) is 24.3 Å². The number of morpholine rings is 1. The number of ether oxygens (including phenoxy) is 1. The van der Waals surface area contributed by atoms with Crippen LogP contribution in [0.25, 0.3) is 11.0 Å². The Morgan fingerprint density at radius 2 is 2.06 bits per heavy atom. The first kappa shape index (κ1) is 11.0. The number of benzene rings is 1. The number of nitrogens with zero attached hydrogens (tertiary/aromatic N) is 1. The molecular formula is C12H16N3OS+. The van der Waals surface area contributed by atoms with E-state index in [0.717, 1.165) is 43.3 Å². The first-order valence-corrected chi connectivity index (χ1v) is 6.34. The molecule has 3 rings (SSSR count). The molecule has 0 spiro atoms. The molecule has 0 amide bonds. The van der Waals surface area contributed by atoms with E-state index < -0.39 is 0 Å². The molecule has 0 radical (unpaired) electrons. The third kappa shape index (κ3) is 2.13. The predicted octanol–water partition coefficient (Wildman–Crippen LogP) is 0.571. The van der Waals surface area contributed by atoms with Gasteiger partial charge >= 0.3 is 0 Å². The van der Waals surface area contributed by atoms with Crippen LogP contribution >= 0.6 is 12.2 Å². The standard InChI is InChI=1S/C12H15N3OS/c17-12-13-10-3-1-2-4-11(10)15(12)9-14-5-7-16-8-6-14/h1-4H,5-9H2,(H,13,17)/p+1. The van der Waals surface area contributed by atoms with E-state index in [2.05, 4.69) is 27.8 Å². The van der Waals surface area contributed by atoms with Gasteiger partial charge in [0.25, 0.3) is 0 Å². The molecule has 1 saturated heterocycles. The van der Waals surface area contributed by atoms with E-state index in [4.69, 9.17) is 17.0 Å². The Labute approximate surface area is 105 Å². The number of aromatic amines is 1. The van der Waals surface area contributed by atoms with Crippen molar-refractivity contribution in [3.8, 4) is 0 Å². The number of imidazole rings is 1. The van der Waals surface area contributed by atoms with E-state index in [1.54, 1.807) is 0 Å². The second-order valence-electron chi connectivity index (χ2n) is 4.40. The van der Waals surface area contributed by atoms with Crippen LogP contribution in [0.2, 0.25) is 0 Å². The monoisotopic (exact) mass is 250 g/mol. The predicted molar refractivity (Wildman–Crippen MR) is 68.6 cm³/mol. The van der Waals surface area contributed by atoms with E-state index in [1.807, 2.05) is 6.07 Å². The molecule has 0 atom stereocenters. The van der Waals surface area contributed by atoms with E-state index in [1.165, 1.54) is 10.4 Å². The highest BCUT2D eigenvalue weighted by molar-refractivity contribution is 7.71. The molecule has 2 heterocycles.